The van der Waals surface area contributed by atoms with Crippen LogP contribution in [0.4, 0.5) is 5.82 Å². The summed E-state index contributed by atoms with van der Waals surface area (Å²) in [6, 6.07) is 18.0. The first-order valence-corrected chi connectivity index (χ1v) is 12.8. The molecule has 0 spiro atoms. The summed E-state index contributed by atoms with van der Waals surface area (Å²) in [6.07, 6.45) is 5.06. The van der Waals surface area contributed by atoms with Crippen LogP contribution in [0.1, 0.15) is 34.6 Å². The zero-order valence-corrected chi connectivity index (χ0v) is 21.9. The van der Waals surface area contributed by atoms with E-state index in [2.05, 4.69) is 32.3 Å². The second kappa shape index (κ2) is 10.0. The number of aromatic nitrogens is 4. The minimum absolute atomic E-state index is 0.00652. The molecule has 1 amide bonds. The van der Waals surface area contributed by atoms with E-state index in [4.69, 9.17) is 5.73 Å². The van der Waals surface area contributed by atoms with Crippen molar-refractivity contribution < 1.29 is 4.79 Å². The van der Waals surface area contributed by atoms with Crippen molar-refractivity contribution in [3.63, 3.8) is 0 Å². The van der Waals surface area contributed by atoms with Crippen LogP contribution in [-0.2, 0) is 0 Å². The average molecular weight is 531 g/mol. The van der Waals surface area contributed by atoms with Gasteiger partial charge in [-0.15, -0.1) is 5.10 Å². The number of nitrogen functional groups attached to an aromatic ring is 1. The van der Waals surface area contributed by atoms with Gasteiger partial charge in [-0.1, -0.05) is 42.2 Å². The molecule has 0 bridgehead atoms. The molecule has 3 aromatic heterocycles. The fourth-order valence-corrected chi connectivity index (χ4v) is 4.94. The van der Waals surface area contributed by atoms with Gasteiger partial charge < -0.3 is 11.1 Å². The lowest BCUT2D eigenvalue weighted by Gasteiger charge is -2.21. The number of rotatable bonds is 4. The van der Waals surface area contributed by atoms with Gasteiger partial charge in [0.25, 0.3) is 11.5 Å². The first kappa shape index (κ1) is 24.9. The second-order valence-corrected chi connectivity index (χ2v) is 9.64. The minimum atomic E-state index is -0.567. The molecule has 2 unspecified atom stereocenters. The highest BCUT2D eigenvalue weighted by Crippen LogP contribution is 2.24. The SMILES string of the molecule is CC(NC(=O)c1c(N)nn2cccnc12)c1cc2cccc(C#CC3C=NN(C)C3)c2c(=O)n1-c1ccccc1. The van der Waals surface area contributed by atoms with Crippen molar-refractivity contribution in [2.75, 3.05) is 19.3 Å². The molecule has 198 valence electrons. The van der Waals surface area contributed by atoms with Crippen LogP contribution in [0.5, 0.6) is 0 Å². The topological polar surface area (TPSA) is 123 Å². The summed E-state index contributed by atoms with van der Waals surface area (Å²) in [5, 5.41) is 14.5. The van der Waals surface area contributed by atoms with E-state index in [-0.39, 0.29) is 22.9 Å². The average Bonchev–Trinajstić information content (AvgIpc) is 3.53. The van der Waals surface area contributed by atoms with E-state index >= 15 is 0 Å². The Morgan fingerprint density at radius 3 is 2.75 bits per heavy atom. The molecule has 3 N–H and O–H groups in total. The number of para-hydroxylation sites is 1. The van der Waals surface area contributed by atoms with Crippen molar-refractivity contribution >= 4 is 34.4 Å². The predicted octanol–water partition coefficient (Wildman–Crippen LogP) is 3.01. The summed E-state index contributed by atoms with van der Waals surface area (Å²) >= 11 is 0. The number of fused-ring (bicyclic) bond motifs is 2. The van der Waals surface area contributed by atoms with Gasteiger partial charge in [-0.05, 0) is 42.6 Å². The van der Waals surface area contributed by atoms with Crippen LogP contribution in [0.3, 0.4) is 0 Å². The molecule has 0 fully saturated rings. The number of carbonyl (C=O) groups excluding carboxylic acids is 1. The van der Waals surface area contributed by atoms with Crippen molar-refractivity contribution in [3.8, 4) is 17.5 Å². The molecule has 2 aromatic carbocycles. The number of nitrogens with zero attached hydrogens (tertiary/aromatic N) is 6. The summed E-state index contributed by atoms with van der Waals surface area (Å²) in [4.78, 5) is 31.8. The normalized spacial score (nSPS) is 15.2. The summed E-state index contributed by atoms with van der Waals surface area (Å²) < 4.78 is 3.09. The van der Waals surface area contributed by atoms with Crippen molar-refractivity contribution in [1.82, 2.24) is 29.5 Å². The standard InChI is InChI=1S/C30H26N8O2/c1-19(34-29(39)26-27(31)35-37-15-7-14-32-28(26)37)24-16-22-9-6-8-21(13-12-20-17-33-36(2)18-20)25(22)30(40)38(24)23-10-4-3-5-11-23/h3-11,14-17,19-20H,18H2,1-2H3,(H2,31,35)(H,34,39). The largest absolute Gasteiger partial charge is 0.381 e. The Bertz CT molecular complexity index is 1910. The van der Waals surface area contributed by atoms with E-state index in [9.17, 15) is 9.59 Å². The summed E-state index contributed by atoms with van der Waals surface area (Å²) in [5.74, 6) is 6.08. The number of carbonyl (C=O) groups is 1. The number of pyridine rings is 1. The van der Waals surface area contributed by atoms with Gasteiger partial charge in [0.15, 0.2) is 11.5 Å². The van der Waals surface area contributed by atoms with E-state index in [0.29, 0.717) is 34.5 Å². The lowest BCUT2D eigenvalue weighted by Crippen LogP contribution is -2.32. The minimum Gasteiger partial charge on any atom is -0.381 e. The molecule has 0 aliphatic carbocycles. The molecule has 1 aliphatic heterocycles. The van der Waals surface area contributed by atoms with E-state index in [1.54, 1.807) is 23.0 Å². The van der Waals surface area contributed by atoms with Gasteiger partial charge in [-0.3, -0.25) is 19.2 Å². The maximum Gasteiger partial charge on any atom is 0.264 e. The number of amides is 1. The molecule has 0 radical (unpaired) electrons. The van der Waals surface area contributed by atoms with Gasteiger partial charge in [0.2, 0.25) is 0 Å². The lowest BCUT2D eigenvalue weighted by molar-refractivity contribution is 0.0941. The van der Waals surface area contributed by atoms with Crippen LogP contribution in [-0.4, -0.2) is 49.9 Å². The number of hydrogen-bond donors (Lipinski definition) is 2. The van der Waals surface area contributed by atoms with Crippen molar-refractivity contribution in [1.29, 1.82) is 0 Å². The molecule has 5 aromatic rings. The monoisotopic (exact) mass is 530 g/mol. The molecule has 1 aliphatic rings. The van der Waals surface area contributed by atoms with Gasteiger partial charge in [0.1, 0.15) is 5.56 Å². The number of hydrogen-bond acceptors (Lipinski definition) is 7. The maximum atomic E-state index is 14.2. The number of benzene rings is 2. The van der Waals surface area contributed by atoms with Gasteiger partial charge >= 0.3 is 0 Å². The number of hydrazone groups is 1. The van der Waals surface area contributed by atoms with Crippen molar-refractivity contribution in [2.45, 2.75) is 13.0 Å². The van der Waals surface area contributed by atoms with Crippen molar-refractivity contribution in [3.05, 3.63) is 100 Å². The van der Waals surface area contributed by atoms with E-state index < -0.39 is 11.9 Å². The number of anilines is 1. The van der Waals surface area contributed by atoms with E-state index in [0.717, 1.165) is 5.39 Å². The molecule has 0 saturated heterocycles. The molecule has 6 rings (SSSR count). The first-order valence-electron chi connectivity index (χ1n) is 12.8. The third-order valence-corrected chi connectivity index (χ3v) is 6.83. The van der Waals surface area contributed by atoms with Crippen molar-refractivity contribution in [2.24, 2.45) is 11.0 Å². The Morgan fingerprint density at radius 2 is 1.98 bits per heavy atom. The molecular weight excluding hydrogens is 504 g/mol. The zero-order chi connectivity index (χ0) is 27.8. The van der Waals surface area contributed by atoms with Crippen LogP contribution < -0.4 is 16.6 Å². The van der Waals surface area contributed by atoms with Crippen LogP contribution in [0.15, 0.2) is 83.0 Å². The van der Waals surface area contributed by atoms with Gasteiger partial charge in [0, 0.05) is 42.6 Å². The van der Waals surface area contributed by atoms with E-state index in [1.165, 1.54) is 4.52 Å². The van der Waals surface area contributed by atoms with Crippen LogP contribution in [0.2, 0.25) is 0 Å². The highest BCUT2D eigenvalue weighted by atomic mass is 16.2. The number of nitrogens with one attached hydrogen (secondary N) is 1. The summed E-state index contributed by atoms with van der Waals surface area (Å²) in [6.45, 7) is 2.53. The fourth-order valence-electron chi connectivity index (χ4n) is 4.94. The Hall–Kier alpha value is -5.43. The van der Waals surface area contributed by atoms with Crippen LogP contribution >= 0.6 is 0 Å². The van der Waals surface area contributed by atoms with Gasteiger partial charge in [-0.25, -0.2) is 9.50 Å². The molecule has 0 saturated carbocycles. The molecule has 10 nitrogen and oxygen atoms in total. The fraction of sp³-hybridized carbons (Fsp3) is 0.167. The van der Waals surface area contributed by atoms with Crippen LogP contribution in [0, 0.1) is 17.8 Å². The maximum absolute atomic E-state index is 14.2. The molecule has 2 atom stereocenters. The predicted molar refractivity (Wildman–Crippen MR) is 154 cm³/mol. The summed E-state index contributed by atoms with van der Waals surface area (Å²) in [5.41, 5.74) is 8.31. The molecule has 4 heterocycles. The quantitative estimate of drug-likeness (QED) is 0.345. The lowest BCUT2D eigenvalue weighted by atomic mass is 10.0. The Labute approximate surface area is 229 Å². The smallest absolute Gasteiger partial charge is 0.264 e. The number of nitrogens with two attached hydrogens (primary N) is 1. The molecule has 40 heavy (non-hydrogen) atoms. The summed E-state index contributed by atoms with van der Waals surface area (Å²) in [7, 11) is 1.90. The third-order valence-electron chi connectivity index (χ3n) is 6.83. The van der Waals surface area contributed by atoms with Gasteiger partial charge in [-0.2, -0.15) is 5.10 Å². The zero-order valence-electron chi connectivity index (χ0n) is 21.9. The Morgan fingerprint density at radius 1 is 1.15 bits per heavy atom. The van der Waals surface area contributed by atoms with E-state index in [1.807, 2.05) is 79.8 Å². The first-order chi connectivity index (χ1) is 19.4. The highest BCUT2D eigenvalue weighted by Gasteiger charge is 2.24. The Kier molecular flexibility index (Phi) is 6.24. The molecular formula is C30H26N8O2. The van der Waals surface area contributed by atoms with Crippen LogP contribution in [0.25, 0.3) is 22.1 Å². The Balaban J connectivity index is 1.45. The highest BCUT2D eigenvalue weighted by molar-refractivity contribution is 6.04. The van der Waals surface area contributed by atoms with Gasteiger partial charge in [0.05, 0.1) is 23.9 Å². The third kappa shape index (κ3) is 4.43. The second-order valence-electron chi connectivity index (χ2n) is 9.64. The molecule has 10 heteroatoms.